The summed E-state index contributed by atoms with van der Waals surface area (Å²) in [6.07, 6.45) is 1.90. The number of aliphatic hydroxyl groups excluding tert-OH is 1. The van der Waals surface area contributed by atoms with Crippen LogP contribution in [0.3, 0.4) is 0 Å². The van der Waals surface area contributed by atoms with Gasteiger partial charge in [0.1, 0.15) is 0 Å². The Kier molecular flexibility index (Phi) is 2.41. The number of anilines is 1. The van der Waals surface area contributed by atoms with Gasteiger partial charge < -0.3 is 15.0 Å². The third-order valence-electron chi connectivity index (χ3n) is 3.71. The van der Waals surface area contributed by atoms with Crippen molar-refractivity contribution in [3.8, 4) is 0 Å². The van der Waals surface area contributed by atoms with Crippen molar-refractivity contribution >= 4 is 16.6 Å². The Morgan fingerprint density at radius 1 is 1.39 bits per heavy atom. The van der Waals surface area contributed by atoms with Crippen LogP contribution in [0.4, 0.5) is 5.69 Å². The van der Waals surface area contributed by atoms with Gasteiger partial charge in [-0.15, -0.1) is 0 Å². The van der Waals surface area contributed by atoms with E-state index in [9.17, 15) is 9.90 Å². The number of aryl methyl sites for hydroxylation is 1. The smallest absolute Gasteiger partial charge is 0.252 e. The van der Waals surface area contributed by atoms with Crippen LogP contribution in [0.15, 0.2) is 35.1 Å². The summed E-state index contributed by atoms with van der Waals surface area (Å²) in [5, 5.41) is 13.7. The Hall–Kier alpha value is -1.81. The third kappa shape index (κ3) is 1.69. The Labute approximate surface area is 105 Å². The van der Waals surface area contributed by atoms with Crippen LogP contribution in [-0.2, 0) is 7.05 Å². The van der Waals surface area contributed by atoms with Crippen LogP contribution in [0.1, 0.15) is 12.8 Å². The molecule has 1 aromatic carbocycles. The Morgan fingerprint density at radius 2 is 2.11 bits per heavy atom. The molecule has 3 rings (SSSR count). The van der Waals surface area contributed by atoms with Crippen LogP contribution in [0.25, 0.3) is 10.9 Å². The Bertz CT molecular complexity index is 656. The van der Waals surface area contributed by atoms with Crippen molar-refractivity contribution in [3.05, 3.63) is 40.7 Å². The first-order valence-electron chi connectivity index (χ1n) is 6.13. The summed E-state index contributed by atoms with van der Waals surface area (Å²) in [7, 11) is 1.77. The van der Waals surface area contributed by atoms with Crippen molar-refractivity contribution in [1.82, 2.24) is 4.57 Å². The number of rotatable bonds is 3. The van der Waals surface area contributed by atoms with Gasteiger partial charge in [0.15, 0.2) is 0 Å². The molecule has 0 bridgehead atoms. The van der Waals surface area contributed by atoms with Gasteiger partial charge in [0.25, 0.3) is 5.56 Å². The molecule has 94 valence electrons. The van der Waals surface area contributed by atoms with Crippen molar-refractivity contribution in [3.63, 3.8) is 0 Å². The van der Waals surface area contributed by atoms with Crippen molar-refractivity contribution in [2.45, 2.75) is 18.4 Å². The first-order valence-corrected chi connectivity index (χ1v) is 6.13. The maximum Gasteiger partial charge on any atom is 0.252 e. The van der Waals surface area contributed by atoms with E-state index in [0.29, 0.717) is 0 Å². The minimum atomic E-state index is -0.213. The maximum atomic E-state index is 11.9. The largest absolute Gasteiger partial charge is 0.394 e. The molecule has 0 spiro atoms. The van der Waals surface area contributed by atoms with E-state index < -0.39 is 0 Å². The van der Waals surface area contributed by atoms with Gasteiger partial charge >= 0.3 is 0 Å². The molecule has 2 aromatic rings. The second-order valence-electron chi connectivity index (χ2n) is 5.04. The van der Waals surface area contributed by atoms with Gasteiger partial charge in [0.2, 0.25) is 0 Å². The summed E-state index contributed by atoms with van der Waals surface area (Å²) in [4.78, 5) is 11.9. The quantitative estimate of drug-likeness (QED) is 0.859. The van der Waals surface area contributed by atoms with Gasteiger partial charge in [0, 0.05) is 24.2 Å². The van der Waals surface area contributed by atoms with Gasteiger partial charge in [-0.1, -0.05) is 18.2 Å². The lowest BCUT2D eigenvalue weighted by molar-refractivity contribution is 0.266. The highest BCUT2D eigenvalue weighted by molar-refractivity contribution is 5.91. The number of hydrogen-bond donors (Lipinski definition) is 2. The predicted molar refractivity (Wildman–Crippen MR) is 71.9 cm³/mol. The van der Waals surface area contributed by atoms with Crippen LogP contribution in [-0.4, -0.2) is 21.8 Å². The zero-order chi connectivity index (χ0) is 12.8. The highest BCUT2D eigenvalue weighted by atomic mass is 16.3. The van der Waals surface area contributed by atoms with Crippen LogP contribution in [0.5, 0.6) is 0 Å². The second-order valence-corrected chi connectivity index (χ2v) is 5.04. The van der Waals surface area contributed by atoms with Crippen LogP contribution < -0.4 is 10.9 Å². The molecule has 0 amide bonds. The van der Waals surface area contributed by atoms with E-state index in [1.807, 2.05) is 24.3 Å². The number of aliphatic hydroxyl groups is 1. The molecule has 1 fully saturated rings. The second kappa shape index (κ2) is 3.85. The highest BCUT2D eigenvalue weighted by Crippen LogP contribution is 2.39. The molecule has 1 aliphatic rings. The van der Waals surface area contributed by atoms with Crippen molar-refractivity contribution in [2.24, 2.45) is 7.05 Å². The topological polar surface area (TPSA) is 54.3 Å². The summed E-state index contributed by atoms with van der Waals surface area (Å²) >= 11 is 0. The standard InChI is InChI=1S/C14H16N2O2/c1-16-12-5-3-2-4-10(12)11(8-13(16)18)15-14(9-17)6-7-14/h2-5,8,15,17H,6-7,9H2,1H3. The molecule has 4 nitrogen and oxygen atoms in total. The van der Waals surface area contributed by atoms with Gasteiger partial charge in [0.05, 0.1) is 17.7 Å². The van der Waals surface area contributed by atoms with Gasteiger partial charge in [-0.2, -0.15) is 0 Å². The van der Waals surface area contributed by atoms with E-state index in [4.69, 9.17) is 0 Å². The van der Waals surface area contributed by atoms with E-state index in [1.54, 1.807) is 17.7 Å². The van der Waals surface area contributed by atoms with Crippen LogP contribution >= 0.6 is 0 Å². The molecule has 18 heavy (non-hydrogen) atoms. The van der Waals surface area contributed by atoms with Gasteiger partial charge in [-0.05, 0) is 18.9 Å². The van der Waals surface area contributed by atoms with Crippen LogP contribution in [0.2, 0.25) is 0 Å². The molecule has 1 aliphatic carbocycles. The number of pyridine rings is 1. The number of fused-ring (bicyclic) bond motifs is 1. The average molecular weight is 244 g/mol. The third-order valence-corrected chi connectivity index (χ3v) is 3.71. The fraction of sp³-hybridized carbons (Fsp3) is 0.357. The lowest BCUT2D eigenvalue weighted by atomic mass is 10.1. The molecule has 0 aliphatic heterocycles. The monoisotopic (exact) mass is 244 g/mol. The fourth-order valence-corrected chi connectivity index (χ4v) is 2.27. The fourth-order valence-electron chi connectivity index (χ4n) is 2.27. The minimum absolute atomic E-state index is 0.0371. The number of aromatic nitrogens is 1. The summed E-state index contributed by atoms with van der Waals surface area (Å²) in [5.74, 6) is 0. The maximum absolute atomic E-state index is 11.9. The first kappa shape index (κ1) is 11.3. The van der Waals surface area contributed by atoms with E-state index in [0.717, 1.165) is 29.4 Å². The predicted octanol–water partition coefficient (Wildman–Crippen LogP) is 1.48. The number of nitrogens with zero attached hydrogens (tertiary/aromatic N) is 1. The van der Waals surface area contributed by atoms with E-state index in [2.05, 4.69) is 5.32 Å². The molecule has 1 heterocycles. The molecule has 4 heteroatoms. The molecule has 2 N–H and O–H groups in total. The molecule has 0 unspecified atom stereocenters. The van der Waals surface area contributed by atoms with Crippen molar-refractivity contribution in [2.75, 3.05) is 11.9 Å². The van der Waals surface area contributed by atoms with Crippen LogP contribution in [0, 0.1) is 0 Å². The number of hydrogen-bond acceptors (Lipinski definition) is 3. The van der Waals surface area contributed by atoms with Crippen molar-refractivity contribution in [1.29, 1.82) is 0 Å². The summed E-state index contributed by atoms with van der Waals surface area (Å²) in [5.41, 5.74) is 1.47. The Morgan fingerprint density at radius 3 is 2.78 bits per heavy atom. The average Bonchev–Trinajstić information content (AvgIpc) is 3.16. The number of nitrogens with one attached hydrogen (secondary N) is 1. The SMILES string of the molecule is Cn1c(=O)cc(NC2(CO)CC2)c2ccccc21. The summed E-state index contributed by atoms with van der Waals surface area (Å²) < 4.78 is 1.64. The highest BCUT2D eigenvalue weighted by Gasteiger charge is 2.42. The zero-order valence-electron chi connectivity index (χ0n) is 10.3. The molecule has 1 saturated carbocycles. The number of benzene rings is 1. The summed E-state index contributed by atoms with van der Waals surface area (Å²) in [6.45, 7) is 0.108. The van der Waals surface area contributed by atoms with Crippen molar-refractivity contribution < 1.29 is 5.11 Å². The first-order chi connectivity index (χ1) is 8.65. The normalized spacial score (nSPS) is 16.8. The minimum Gasteiger partial charge on any atom is -0.394 e. The zero-order valence-corrected chi connectivity index (χ0v) is 10.3. The van der Waals surface area contributed by atoms with Gasteiger partial charge in [-0.3, -0.25) is 4.79 Å². The van der Waals surface area contributed by atoms with E-state index in [-0.39, 0.29) is 17.7 Å². The molecule has 0 radical (unpaired) electrons. The number of para-hydroxylation sites is 1. The molecular formula is C14H16N2O2. The lowest BCUT2D eigenvalue weighted by Crippen LogP contribution is -2.27. The van der Waals surface area contributed by atoms with E-state index >= 15 is 0 Å². The molecule has 0 saturated heterocycles. The molecule has 0 atom stereocenters. The Balaban J connectivity index is 2.17. The lowest BCUT2D eigenvalue weighted by Gasteiger charge is -2.18. The molecular weight excluding hydrogens is 228 g/mol. The molecule has 1 aromatic heterocycles. The summed E-state index contributed by atoms with van der Waals surface area (Å²) in [6, 6.07) is 9.41. The van der Waals surface area contributed by atoms with Gasteiger partial charge in [-0.25, -0.2) is 0 Å². The van der Waals surface area contributed by atoms with E-state index in [1.165, 1.54) is 0 Å².